The van der Waals surface area contributed by atoms with Crippen LogP contribution >= 0.6 is 0 Å². The lowest BCUT2D eigenvalue weighted by molar-refractivity contribution is -0.185. The molecule has 0 saturated carbocycles. The number of carboxylic acids is 1. The van der Waals surface area contributed by atoms with Crippen molar-refractivity contribution in [1.82, 2.24) is 4.90 Å². The molecular weight excluding hydrogens is 180 g/mol. The number of halogens is 2. The van der Waals surface area contributed by atoms with Crippen LogP contribution in [0.4, 0.5) is 8.78 Å². The standard InChI is InChI=1S/C8H11F2NO2/c9-8(10)2-4-11-3-1-7(8,5-11)6(12)13/h1-5H2,(H,12,13). The zero-order valence-electron chi connectivity index (χ0n) is 7.09. The number of carbonyl (C=O) groups is 1. The van der Waals surface area contributed by atoms with Crippen LogP contribution in [-0.4, -0.2) is 41.5 Å². The molecule has 5 heteroatoms. The summed E-state index contributed by atoms with van der Waals surface area (Å²) in [5.74, 6) is -4.38. The predicted octanol–water partition coefficient (Wildman–Crippen LogP) is 0.802. The lowest BCUT2D eigenvalue weighted by atomic mass is 9.77. The number of piperidine rings is 1. The summed E-state index contributed by atoms with van der Waals surface area (Å²) in [5, 5.41) is 8.84. The van der Waals surface area contributed by atoms with Gasteiger partial charge in [0.05, 0.1) is 0 Å². The van der Waals surface area contributed by atoms with Crippen LogP contribution in [0.25, 0.3) is 0 Å². The van der Waals surface area contributed by atoms with Gasteiger partial charge in [0.15, 0.2) is 0 Å². The molecule has 2 rings (SSSR count). The van der Waals surface area contributed by atoms with Gasteiger partial charge in [-0.05, 0) is 13.0 Å². The monoisotopic (exact) mass is 191 g/mol. The van der Waals surface area contributed by atoms with Gasteiger partial charge in [-0.15, -0.1) is 0 Å². The minimum absolute atomic E-state index is 0.00926. The first-order valence-electron chi connectivity index (χ1n) is 4.32. The molecule has 0 aromatic rings. The van der Waals surface area contributed by atoms with E-state index < -0.39 is 17.3 Å². The minimum Gasteiger partial charge on any atom is -0.481 e. The van der Waals surface area contributed by atoms with Crippen LogP contribution in [-0.2, 0) is 4.79 Å². The Kier molecular flexibility index (Phi) is 1.64. The smallest absolute Gasteiger partial charge is 0.317 e. The largest absolute Gasteiger partial charge is 0.481 e. The Morgan fingerprint density at radius 2 is 1.92 bits per heavy atom. The van der Waals surface area contributed by atoms with Gasteiger partial charge >= 0.3 is 5.97 Å². The first-order valence-corrected chi connectivity index (χ1v) is 4.32. The average molecular weight is 191 g/mol. The average Bonchev–Trinajstić information content (AvgIpc) is 2.41. The topological polar surface area (TPSA) is 40.5 Å². The second kappa shape index (κ2) is 2.41. The van der Waals surface area contributed by atoms with Gasteiger partial charge < -0.3 is 10.0 Å². The first kappa shape index (κ1) is 8.87. The quantitative estimate of drug-likeness (QED) is 0.666. The SMILES string of the molecule is O=C(O)C12CCN(CCC1(F)F)C2. The molecule has 3 nitrogen and oxygen atoms in total. The lowest BCUT2D eigenvalue weighted by Crippen LogP contribution is -2.53. The predicted molar refractivity (Wildman–Crippen MR) is 40.7 cm³/mol. The molecule has 2 heterocycles. The normalized spacial score (nSPS) is 41.8. The zero-order valence-corrected chi connectivity index (χ0v) is 7.09. The second-order valence-electron chi connectivity index (χ2n) is 3.87. The molecule has 0 amide bonds. The van der Waals surface area contributed by atoms with E-state index in [2.05, 4.69) is 0 Å². The van der Waals surface area contributed by atoms with Crippen LogP contribution < -0.4 is 0 Å². The van der Waals surface area contributed by atoms with Crippen molar-refractivity contribution in [2.45, 2.75) is 18.8 Å². The zero-order chi connectivity index (χ0) is 9.69. The third kappa shape index (κ3) is 0.995. The summed E-state index contributed by atoms with van der Waals surface area (Å²) in [6.45, 7) is 0.819. The lowest BCUT2D eigenvalue weighted by Gasteiger charge is -2.37. The molecule has 0 radical (unpaired) electrons. The van der Waals surface area contributed by atoms with Crippen molar-refractivity contribution in [2.75, 3.05) is 19.6 Å². The van der Waals surface area contributed by atoms with E-state index in [4.69, 9.17) is 5.11 Å². The Morgan fingerprint density at radius 3 is 2.46 bits per heavy atom. The highest BCUT2D eigenvalue weighted by Crippen LogP contribution is 2.49. The van der Waals surface area contributed by atoms with Crippen LogP contribution in [0.1, 0.15) is 12.8 Å². The summed E-state index contributed by atoms with van der Waals surface area (Å²) in [6.07, 6.45) is -0.241. The summed E-state index contributed by atoms with van der Waals surface area (Å²) in [6, 6.07) is 0. The molecule has 13 heavy (non-hydrogen) atoms. The number of aliphatic carboxylic acids is 1. The van der Waals surface area contributed by atoms with Crippen LogP contribution in [0, 0.1) is 5.41 Å². The van der Waals surface area contributed by atoms with Crippen LogP contribution in [0.3, 0.4) is 0 Å². The molecule has 2 aliphatic rings. The van der Waals surface area contributed by atoms with Crippen LogP contribution in [0.2, 0.25) is 0 Å². The van der Waals surface area contributed by atoms with Crippen LogP contribution in [0.5, 0.6) is 0 Å². The van der Waals surface area contributed by atoms with E-state index in [1.54, 1.807) is 4.90 Å². The van der Waals surface area contributed by atoms with Gasteiger partial charge in [-0.2, -0.15) is 0 Å². The van der Waals surface area contributed by atoms with E-state index in [1.807, 2.05) is 0 Å². The molecule has 2 bridgehead atoms. The number of hydrogen-bond acceptors (Lipinski definition) is 2. The molecule has 2 unspecified atom stereocenters. The highest BCUT2D eigenvalue weighted by atomic mass is 19.3. The van der Waals surface area contributed by atoms with E-state index in [-0.39, 0.29) is 19.4 Å². The molecule has 2 saturated heterocycles. The molecule has 74 valence electrons. The summed E-state index contributed by atoms with van der Waals surface area (Å²) in [4.78, 5) is 12.6. The Morgan fingerprint density at radius 1 is 1.31 bits per heavy atom. The molecule has 2 fully saturated rings. The van der Waals surface area contributed by atoms with E-state index >= 15 is 0 Å². The summed E-state index contributed by atoms with van der Waals surface area (Å²) in [5.41, 5.74) is -1.80. The molecule has 1 N–H and O–H groups in total. The second-order valence-corrected chi connectivity index (χ2v) is 3.87. The van der Waals surface area contributed by atoms with Crippen molar-refractivity contribution < 1.29 is 18.7 Å². The van der Waals surface area contributed by atoms with Crippen molar-refractivity contribution in [2.24, 2.45) is 5.41 Å². The van der Waals surface area contributed by atoms with Gasteiger partial charge in [0.2, 0.25) is 0 Å². The minimum atomic E-state index is -3.04. The van der Waals surface area contributed by atoms with Crippen molar-refractivity contribution in [3.05, 3.63) is 0 Å². The highest BCUT2D eigenvalue weighted by molar-refractivity contribution is 5.77. The van der Waals surface area contributed by atoms with Crippen LogP contribution in [0.15, 0.2) is 0 Å². The van der Waals surface area contributed by atoms with Gasteiger partial charge in [-0.1, -0.05) is 0 Å². The number of nitrogens with zero attached hydrogens (tertiary/aromatic N) is 1. The van der Waals surface area contributed by atoms with Crippen molar-refractivity contribution in [3.63, 3.8) is 0 Å². The third-order valence-corrected chi connectivity index (χ3v) is 3.20. The number of carboxylic acid groups (broad SMARTS) is 1. The first-order chi connectivity index (χ1) is 5.98. The van der Waals surface area contributed by atoms with E-state index in [1.165, 1.54) is 0 Å². The van der Waals surface area contributed by atoms with Gasteiger partial charge in [0.1, 0.15) is 5.41 Å². The molecule has 0 aromatic heterocycles. The fraction of sp³-hybridized carbons (Fsp3) is 0.875. The molecule has 2 atom stereocenters. The highest BCUT2D eigenvalue weighted by Gasteiger charge is 2.64. The number of hydrogen-bond donors (Lipinski definition) is 1. The van der Waals surface area contributed by atoms with Crippen molar-refractivity contribution >= 4 is 5.97 Å². The maximum Gasteiger partial charge on any atom is 0.317 e. The van der Waals surface area contributed by atoms with Gasteiger partial charge in [0.25, 0.3) is 5.92 Å². The van der Waals surface area contributed by atoms with Crippen molar-refractivity contribution in [3.8, 4) is 0 Å². The van der Waals surface area contributed by atoms with Gasteiger partial charge in [0, 0.05) is 19.5 Å². The maximum atomic E-state index is 13.4. The molecule has 0 aliphatic carbocycles. The summed E-state index contributed by atoms with van der Waals surface area (Å²) in [7, 11) is 0. The van der Waals surface area contributed by atoms with E-state index in [0.29, 0.717) is 13.1 Å². The van der Waals surface area contributed by atoms with Gasteiger partial charge in [-0.3, -0.25) is 4.79 Å². The Balaban J connectivity index is 2.37. The van der Waals surface area contributed by atoms with Gasteiger partial charge in [-0.25, -0.2) is 8.78 Å². The Hall–Kier alpha value is -0.710. The molecule has 0 aromatic carbocycles. The van der Waals surface area contributed by atoms with Crippen molar-refractivity contribution in [1.29, 1.82) is 0 Å². The number of fused-ring (bicyclic) bond motifs is 2. The Labute approximate surface area is 74.3 Å². The number of rotatable bonds is 1. The molecular formula is C8H11F2NO2. The fourth-order valence-electron chi connectivity index (χ4n) is 2.25. The fourth-order valence-corrected chi connectivity index (χ4v) is 2.25. The summed E-state index contributed by atoms with van der Waals surface area (Å²) < 4.78 is 26.8. The molecule has 2 aliphatic heterocycles. The maximum absolute atomic E-state index is 13.4. The third-order valence-electron chi connectivity index (χ3n) is 3.20. The van der Waals surface area contributed by atoms with E-state index in [9.17, 15) is 13.6 Å². The summed E-state index contributed by atoms with van der Waals surface area (Å²) >= 11 is 0. The Bertz CT molecular complexity index is 257. The molecule has 0 spiro atoms. The number of alkyl halides is 2. The van der Waals surface area contributed by atoms with E-state index in [0.717, 1.165) is 0 Å².